The molecule has 0 radical (unpaired) electrons. The molecule has 1 saturated heterocycles. The topological polar surface area (TPSA) is 61.8 Å². The van der Waals surface area contributed by atoms with E-state index in [2.05, 4.69) is 53.6 Å². The van der Waals surface area contributed by atoms with Gasteiger partial charge in [-0.1, -0.05) is 24.3 Å². The Kier molecular flexibility index (Phi) is 5.22. The van der Waals surface area contributed by atoms with Crippen molar-refractivity contribution in [3.63, 3.8) is 0 Å². The summed E-state index contributed by atoms with van der Waals surface area (Å²) in [7, 11) is 1.76. The minimum atomic E-state index is -0.894. The van der Waals surface area contributed by atoms with E-state index in [1.165, 1.54) is 17.1 Å². The van der Waals surface area contributed by atoms with Crippen LogP contribution >= 0.6 is 0 Å². The summed E-state index contributed by atoms with van der Waals surface area (Å²) >= 11 is 0. The van der Waals surface area contributed by atoms with Crippen molar-refractivity contribution in [3.8, 4) is 0 Å². The summed E-state index contributed by atoms with van der Waals surface area (Å²) in [6, 6.07) is 9.19. The lowest BCUT2D eigenvalue weighted by molar-refractivity contribution is -0.960. The number of carbonyl (C=O) groups is 1. The largest absolute Gasteiger partial charge is 0.478 e. The van der Waals surface area contributed by atoms with Gasteiger partial charge in [0.25, 0.3) is 0 Å². The van der Waals surface area contributed by atoms with Crippen LogP contribution in [0.4, 0.5) is 11.4 Å². The molecule has 1 aliphatic carbocycles. The third-order valence-electron chi connectivity index (χ3n) is 7.67. The van der Waals surface area contributed by atoms with E-state index in [9.17, 15) is 9.90 Å². The molecule has 3 heterocycles. The van der Waals surface area contributed by atoms with E-state index in [1.807, 2.05) is 12.2 Å². The van der Waals surface area contributed by atoms with Gasteiger partial charge in [0.05, 0.1) is 35.6 Å². The third kappa shape index (κ3) is 3.29. The number of anilines is 2. The number of nitrogens with zero attached hydrogens (tertiary/aromatic N) is 2. The highest BCUT2D eigenvalue weighted by Crippen LogP contribution is 2.49. The Balaban J connectivity index is 1.44. The fraction of sp³-hybridized carbons (Fsp3) is 0.423. The lowest BCUT2D eigenvalue weighted by Crippen LogP contribution is -2.65. The average molecular weight is 435 g/mol. The summed E-state index contributed by atoms with van der Waals surface area (Å²) in [5.74, 6) is -0.894. The minimum absolute atomic E-state index is 0.0722. The van der Waals surface area contributed by atoms with E-state index in [1.54, 1.807) is 19.3 Å². The number of nitrogens with one attached hydrogen (secondary N) is 1. The molecule has 1 spiro atoms. The maximum atomic E-state index is 11.4. The predicted molar refractivity (Wildman–Crippen MR) is 126 cm³/mol. The standard InChI is InChI=1S/C26H31N3O3/c1-19-10-13-24-26(27-22-8-3-4-9-23(22)28(19)24)14-16-29(17-15-26,18-32-2)21-7-5-6-20(11-12-21)25(30)31/h3-9,11-13,19,21,27H,10,14-18H2,1-2H3/p+1. The van der Waals surface area contributed by atoms with Crippen LogP contribution in [0.25, 0.3) is 0 Å². The minimum Gasteiger partial charge on any atom is -0.478 e. The third-order valence-corrected chi connectivity index (χ3v) is 7.67. The number of rotatable bonds is 4. The maximum absolute atomic E-state index is 11.4. The molecule has 1 fully saturated rings. The number of hydrogen-bond donors (Lipinski definition) is 2. The van der Waals surface area contributed by atoms with Crippen LogP contribution in [-0.4, -0.2) is 60.1 Å². The normalized spacial score (nSPS) is 33.1. The van der Waals surface area contributed by atoms with Crippen LogP contribution in [0.2, 0.25) is 0 Å². The molecule has 2 N–H and O–H groups in total. The number of aliphatic carboxylic acids is 1. The van der Waals surface area contributed by atoms with Crippen LogP contribution < -0.4 is 10.2 Å². The molecule has 5 rings (SSSR count). The molecule has 2 unspecified atom stereocenters. The Morgan fingerprint density at radius 2 is 2.06 bits per heavy atom. The van der Waals surface area contributed by atoms with Crippen LogP contribution in [0.1, 0.15) is 26.2 Å². The molecule has 168 valence electrons. The number of fused-ring (bicyclic) bond motifs is 4. The first-order chi connectivity index (χ1) is 15.5. The summed E-state index contributed by atoms with van der Waals surface area (Å²) < 4.78 is 6.49. The van der Waals surface area contributed by atoms with Gasteiger partial charge in [-0.2, -0.15) is 0 Å². The molecule has 6 heteroatoms. The zero-order valence-electron chi connectivity index (χ0n) is 18.8. The smallest absolute Gasteiger partial charge is 0.335 e. The Morgan fingerprint density at radius 1 is 1.28 bits per heavy atom. The molecule has 0 saturated carbocycles. The molecule has 32 heavy (non-hydrogen) atoms. The van der Waals surface area contributed by atoms with Gasteiger partial charge in [0.1, 0.15) is 6.04 Å². The van der Waals surface area contributed by atoms with Crippen molar-refractivity contribution in [2.45, 2.75) is 43.8 Å². The number of likely N-dealkylation sites (tertiary alicyclic amines) is 1. The van der Waals surface area contributed by atoms with Crippen molar-refractivity contribution < 1.29 is 19.1 Å². The molecular formula is C26H32N3O3+. The Labute approximate surface area is 189 Å². The first-order valence-corrected chi connectivity index (χ1v) is 11.5. The summed E-state index contributed by atoms with van der Waals surface area (Å²) in [6.45, 7) is 4.81. The molecule has 1 aromatic rings. The Hall–Kier alpha value is -2.83. The molecule has 3 aliphatic heterocycles. The molecule has 4 aliphatic rings. The van der Waals surface area contributed by atoms with Gasteiger partial charge in [-0.05, 0) is 49.8 Å². The number of para-hydroxylation sites is 2. The van der Waals surface area contributed by atoms with Crippen molar-refractivity contribution in [2.24, 2.45) is 0 Å². The van der Waals surface area contributed by atoms with Gasteiger partial charge in [0.15, 0.2) is 6.73 Å². The van der Waals surface area contributed by atoms with Gasteiger partial charge in [-0.3, -0.25) is 4.48 Å². The van der Waals surface area contributed by atoms with E-state index in [0.717, 1.165) is 36.8 Å². The highest BCUT2D eigenvalue weighted by Gasteiger charge is 2.52. The number of carboxylic acids is 1. The highest BCUT2D eigenvalue weighted by atomic mass is 16.5. The Bertz CT molecular complexity index is 1030. The zero-order chi connectivity index (χ0) is 22.3. The van der Waals surface area contributed by atoms with Gasteiger partial charge in [-0.25, -0.2) is 4.79 Å². The van der Waals surface area contributed by atoms with Gasteiger partial charge in [0, 0.05) is 31.7 Å². The summed E-state index contributed by atoms with van der Waals surface area (Å²) in [5, 5.41) is 13.3. The number of quaternary nitrogens is 1. The Morgan fingerprint density at radius 3 is 2.81 bits per heavy atom. The number of hydrogen-bond acceptors (Lipinski definition) is 4. The van der Waals surface area contributed by atoms with E-state index < -0.39 is 5.97 Å². The second-order valence-corrected chi connectivity index (χ2v) is 9.51. The van der Waals surface area contributed by atoms with E-state index in [-0.39, 0.29) is 11.6 Å². The number of methoxy groups -OCH3 is 1. The van der Waals surface area contributed by atoms with Gasteiger partial charge in [-0.15, -0.1) is 0 Å². The molecule has 1 aromatic carbocycles. The van der Waals surface area contributed by atoms with Crippen LogP contribution in [0.5, 0.6) is 0 Å². The summed E-state index contributed by atoms with van der Waals surface area (Å²) in [4.78, 5) is 14.0. The van der Waals surface area contributed by atoms with E-state index in [0.29, 0.717) is 18.3 Å². The highest BCUT2D eigenvalue weighted by molar-refractivity contribution is 5.90. The zero-order valence-corrected chi connectivity index (χ0v) is 18.8. The maximum Gasteiger partial charge on any atom is 0.335 e. The first-order valence-electron chi connectivity index (χ1n) is 11.5. The summed E-state index contributed by atoms with van der Waals surface area (Å²) in [5.41, 5.74) is 4.16. The second kappa shape index (κ2) is 7.94. The van der Waals surface area contributed by atoms with Gasteiger partial charge < -0.3 is 20.1 Å². The number of allylic oxidation sites excluding steroid dienone is 2. The van der Waals surface area contributed by atoms with Gasteiger partial charge in [0.2, 0.25) is 0 Å². The van der Waals surface area contributed by atoms with Gasteiger partial charge >= 0.3 is 5.97 Å². The molecule has 0 bridgehead atoms. The fourth-order valence-electron chi connectivity index (χ4n) is 5.95. The first kappa shape index (κ1) is 21.0. The number of ether oxygens (including phenoxy) is 1. The van der Waals surface area contributed by atoms with E-state index in [4.69, 9.17) is 4.74 Å². The fourth-order valence-corrected chi connectivity index (χ4v) is 5.95. The number of carboxylic acid groups (broad SMARTS) is 1. The molecule has 6 nitrogen and oxygen atoms in total. The lowest BCUT2D eigenvalue weighted by Gasteiger charge is -2.54. The predicted octanol–water partition coefficient (Wildman–Crippen LogP) is 4.05. The number of benzene rings is 1. The van der Waals surface area contributed by atoms with Crippen molar-refractivity contribution in [2.75, 3.05) is 37.1 Å². The van der Waals surface area contributed by atoms with Crippen molar-refractivity contribution in [1.29, 1.82) is 0 Å². The molecular weight excluding hydrogens is 402 g/mol. The van der Waals surface area contributed by atoms with Crippen molar-refractivity contribution >= 4 is 17.3 Å². The van der Waals surface area contributed by atoms with Crippen LogP contribution in [-0.2, 0) is 9.53 Å². The summed E-state index contributed by atoms with van der Waals surface area (Å²) in [6.07, 6.45) is 15.0. The average Bonchev–Trinajstić information content (AvgIpc) is 3.02. The van der Waals surface area contributed by atoms with Crippen LogP contribution in [0, 0.1) is 0 Å². The monoisotopic (exact) mass is 434 g/mol. The lowest BCUT2D eigenvalue weighted by atomic mass is 9.80. The SMILES string of the molecule is COC[N+]1(C2C=CC=C(C(=O)O)C=C2)CCC2(CC1)Nc1ccccc1N1C2=CCC1C. The van der Waals surface area contributed by atoms with Crippen LogP contribution in [0.15, 0.2) is 72.0 Å². The van der Waals surface area contributed by atoms with Crippen LogP contribution in [0.3, 0.4) is 0 Å². The molecule has 0 aromatic heterocycles. The number of piperidine rings is 1. The molecule has 2 atom stereocenters. The molecule has 0 amide bonds. The van der Waals surface area contributed by atoms with Crippen molar-refractivity contribution in [1.82, 2.24) is 0 Å². The quantitative estimate of drug-likeness (QED) is 0.700. The van der Waals surface area contributed by atoms with E-state index >= 15 is 0 Å². The van der Waals surface area contributed by atoms with Crippen molar-refractivity contribution in [3.05, 3.63) is 72.0 Å². The second-order valence-electron chi connectivity index (χ2n) is 9.51.